The molecule has 0 saturated heterocycles. The number of aryl methyl sites for hydroxylation is 1. The number of hydrogen-bond donors (Lipinski definition) is 2. The smallest absolute Gasteiger partial charge is 0.281 e. The molecule has 2 rings (SSSR count). The van der Waals surface area contributed by atoms with E-state index in [2.05, 4.69) is 20.1 Å². The highest BCUT2D eigenvalue weighted by Crippen LogP contribution is 1.90. The molecule has 0 aliphatic rings. The van der Waals surface area contributed by atoms with Crippen molar-refractivity contribution in [3.05, 3.63) is 21.1 Å². The van der Waals surface area contributed by atoms with Crippen LogP contribution in [0.3, 0.4) is 0 Å². The summed E-state index contributed by atoms with van der Waals surface area (Å²) < 4.78 is 1.34. The summed E-state index contributed by atoms with van der Waals surface area (Å²) in [7, 11) is 0. The first-order valence-corrected chi connectivity index (χ1v) is 3.63. The quantitative estimate of drug-likeness (QED) is 0.553. The number of nitrogens with one attached hydrogen (secondary N) is 2. The normalized spacial score (nSPS) is 10.8. The van der Waals surface area contributed by atoms with Crippen molar-refractivity contribution in [3.8, 4) is 0 Å². The van der Waals surface area contributed by atoms with Gasteiger partial charge in [0, 0.05) is 0 Å². The van der Waals surface area contributed by atoms with Crippen molar-refractivity contribution in [1.29, 1.82) is 0 Å². The van der Waals surface area contributed by atoms with E-state index in [-0.39, 0.29) is 10.5 Å². The molecule has 7 heteroatoms. The molecule has 0 saturated carbocycles. The summed E-state index contributed by atoms with van der Waals surface area (Å²) in [6.07, 6.45) is 0. The average Bonchev–Trinajstić information content (AvgIpc) is 2.29. The third kappa shape index (κ3) is 0.944. The van der Waals surface area contributed by atoms with Crippen LogP contribution < -0.4 is 5.69 Å². The molecule has 0 spiro atoms. The number of rotatable bonds is 0. The number of aromatic nitrogens is 5. The van der Waals surface area contributed by atoms with Crippen LogP contribution >= 0.6 is 12.2 Å². The minimum atomic E-state index is -0.356. The zero-order valence-electron chi connectivity index (χ0n) is 6.16. The van der Waals surface area contributed by atoms with Gasteiger partial charge in [0.1, 0.15) is 5.82 Å². The van der Waals surface area contributed by atoms with E-state index >= 15 is 0 Å². The van der Waals surface area contributed by atoms with E-state index in [1.54, 1.807) is 6.92 Å². The molecule has 0 aromatic carbocycles. The molecule has 2 heterocycles. The SMILES string of the molecule is Cc1nc2nc(=S)[nH]c(=O)n2[nH]1. The Morgan fingerprint density at radius 2 is 2.25 bits per heavy atom. The van der Waals surface area contributed by atoms with Gasteiger partial charge in [-0.1, -0.05) is 0 Å². The fourth-order valence-corrected chi connectivity index (χ4v) is 1.09. The lowest BCUT2D eigenvalue weighted by molar-refractivity contribution is 0.822. The van der Waals surface area contributed by atoms with Crippen molar-refractivity contribution in [2.45, 2.75) is 6.92 Å². The molecule has 0 bridgehead atoms. The van der Waals surface area contributed by atoms with Crippen molar-refractivity contribution >= 4 is 18.0 Å². The highest BCUT2D eigenvalue weighted by atomic mass is 32.1. The van der Waals surface area contributed by atoms with Gasteiger partial charge in [0.15, 0.2) is 0 Å². The summed E-state index contributed by atoms with van der Waals surface area (Å²) in [5.41, 5.74) is -0.356. The average molecular weight is 183 g/mol. The standard InChI is InChI=1S/C5H5N5OS/c1-2-6-3-7-4(12)8-5(11)10(3)9-2/h1H3,(H2,6,7,8,9,11,12). The maximum atomic E-state index is 11.1. The van der Waals surface area contributed by atoms with Crippen LogP contribution in [0.25, 0.3) is 5.78 Å². The first-order chi connectivity index (χ1) is 5.66. The van der Waals surface area contributed by atoms with Gasteiger partial charge in [-0.05, 0) is 19.1 Å². The van der Waals surface area contributed by atoms with Crippen LogP contribution in [0.1, 0.15) is 5.82 Å². The molecule has 0 radical (unpaired) electrons. The van der Waals surface area contributed by atoms with Crippen LogP contribution in [0.5, 0.6) is 0 Å². The molecule has 0 fully saturated rings. The van der Waals surface area contributed by atoms with Crippen molar-refractivity contribution in [3.63, 3.8) is 0 Å². The molecule has 62 valence electrons. The van der Waals surface area contributed by atoms with Crippen LogP contribution in [-0.2, 0) is 0 Å². The summed E-state index contributed by atoms with van der Waals surface area (Å²) in [5.74, 6) is 0.912. The van der Waals surface area contributed by atoms with E-state index in [0.717, 1.165) is 0 Å². The molecule has 12 heavy (non-hydrogen) atoms. The molecule has 2 N–H and O–H groups in total. The number of fused-ring (bicyclic) bond motifs is 1. The second kappa shape index (κ2) is 2.24. The van der Waals surface area contributed by atoms with Gasteiger partial charge in [0.25, 0.3) is 5.78 Å². The van der Waals surface area contributed by atoms with Crippen molar-refractivity contribution in [2.75, 3.05) is 0 Å². The van der Waals surface area contributed by atoms with Gasteiger partial charge in [0.05, 0.1) is 0 Å². The van der Waals surface area contributed by atoms with Gasteiger partial charge in [0.2, 0.25) is 4.77 Å². The molecule has 0 aliphatic carbocycles. The third-order valence-electron chi connectivity index (χ3n) is 1.36. The molecule has 2 aromatic rings. The zero-order valence-corrected chi connectivity index (χ0v) is 6.97. The lowest BCUT2D eigenvalue weighted by Crippen LogP contribution is -2.18. The zero-order chi connectivity index (χ0) is 8.72. The molecular weight excluding hydrogens is 178 g/mol. The van der Waals surface area contributed by atoms with Gasteiger partial charge in [-0.3, -0.25) is 10.1 Å². The molecule has 2 aromatic heterocycles. The minimum Gasteiger partial charge on any atom is -0.281 e. The van der Waals surface area contributed by atoms with Gasteiger partial charge in [-0.15, -0.1) is 0 Å². The number of H-pyrrole nitrogens is 2. The molecule has 0 unspecified atom stereocenters. The van der Waals surface area contributed by atoms with Gasteiger partial charge in [-0.25, -0.2) is 4.79 Å². The summed E-state index contributed by atoms with van der Waals surface area (Å²) in [4.78, 5) is 21.3. The molecule has 0 aliphatic heterocycles. The van der Waals surface area contributed by atoms with Crippen LogP contribution in [-0.4, -0.2) is 24.6 Å². The fraction of sp³-hybridized carbons (Fsp3) is 0.200. The lowest BCUT2D eigenvalue weighted by atomic mass is 10.8. The Balaban J connectivity index is 3.08. The Labute approximate surface area is 71.3 Å². The van der Waals surface area contributed by atoms with E-state index in [1.165, 1.54) is 4.52 Å². The number of aromatic amines is 2. The van der Waals surface area contributed by atoms with Crippen molar-refractivity contribution in [1.82, 2.24) is 24.6 Å². The second-order valence-electron chi connectivity index (χ2n) is 2.29. The largest absolute Gasteiger partial charge is 0.349 e. The summed E-state index contributed by atoms with van der Waals surface area (Å²) >= 11 is 4.70. The van der Waals surface area contributed by atoms with E-state index in [9.17, 15) is 4.79 Å². The van der Waals surface area contributed by atoms with E-state index in [0.29, 0.717) is 11.6 Å². The summed E-state index contributed by atoms with van der Waals surface area (Å²) in [6, 6.07) is 0. The van der Waals surface area contributed by atoms with E-state index in [4.69, 9.17) is 12.2 Å². The third-order valence-corrected chi connectivity index (χ3v) is 1.55. The Hall–Kier alpha value is -1.50. The fourth-order valence-electron chi connectivity index (χ4n) is 0.920. The highest BCUT2D eigenvalue weighted by molar-refractivity contribution is 7.71. The number of hydrogen-bond acceptors (Lipinski definition) is 4. The van der Waals surface area contributed by atoms with Gasteiger partial charge in [-0.2, -0.15) is 14.5 Å². The first kappa shape index (κ1) is 7.17. The molecule has 0 atom stereocenters. The highest BCUT2D eigenvalue weighted by Gasteiger charge is 2.00. The maximum absolute atomic E-state index is 11.1. The second-order valence-corrected chi connectivity index (χ2v) is 2.68. The van der Waals surface area contributed by atoms with Crippen LogP contribution in [0.4, 0.5) is 0 Å². The predicted octanol–water partition coefficient (Wildman–Crippen LogP) is -0.216. The lowest BCUT2D eigenvalue weighted by Gasteiger charge is -1.86. The maximum Gasteiger partial charge on any atom is 0.349 e. The van der Waals surface area contributed by atoms with E-state index in [1.807, 2.05) is 0 Å². The Morgan fingerprint density at radius 3 is 3.00 bits per heavy atom. The Bertz CT molecular complexity index is 534. The Kier molecular flexibility index (Phi) is 1.34. The van der Waals surface area contributed by atoms with Gasteiger partial charge < -0.3 is 0 Å². The monoisotopic (exact) mass is 183 g/mol. The summed E-state index contributed by atoms with van der Waals surface area (Å²) in [5, 5.41) is 2.71. The topological polar surface area (TPSA) is 78.8 Å². The van der Waals surface area contributed by atoms with Crippen molar-refractivity contribution in [2.24, 2.45) is 0 Å². The van der Waals surface area contributed by atoms with Crippen LogP contribution in [0.15, 0.2) is 4.79 Å². The molecular formula is C5H5N5OS. The van der Waals surface area contributed by atoms with Crippen LogP contribution in [0, 0.1) is 11.7 Å². The summed E-state index contributed by atoms with van der Waals surface area (Å²) in [6.45, 7) is 1.73. The predicted molar refractivity (Wildman–Crippen MR) is 43.5 cm³/mol. The minimum absolute atomic E-state index is 0.145. The van der Waals surface area contributed by atoms with E-state index < -0.39 is 0 Å². The first-order valence-electron chi connectivity index (χ1n) is 3.22. The Morgan fingerprint density at radius 1 is 1.50 bits per heavy atom. The van der Waals surface area contributed by atoms with Gasteiger partial charge >= 0.3 is 5.69 Å². The number of nitrogens with zero attached hydrogens (tertiary/aromatic N) is 3. The molecule has 6 nitrogen and oxygen atoms in total. The van der Waals surface area contributed by atoms with Crippen molar-refractivity contribution < 1.29 is 0 Å². The van der Waals surface area contributed by atoms with Crippen LogP contribution in [0.2, 0.25) is 0 Å². The molecule has 0 amide bonds.